The molecule has 0 amide bonds. The molecule has 5 heteroatoms. The molecule has 2 saturated heterocycles. The Labute approximate surface area is 147 Å². The molecular formula is C20H23N5. The normalized spacial score (nSPS) is 23.6. The number of benzene rings is 1. The highest BCUT2D eigenvalue weighted by atomic mass is 15.2. The van der Waals surface area contributed by atoms with E-state index < -0.39 is 0 Å². The van der Waals surface area contributed by atoms with E-state index in [9.17, 15) is 0 Å². The summed E-state index contributed by atoms with van der Waals surface area (Å²) in [6, 6.07) is 10.7. The molecule has 0 radical (unpaired) electrons. The summed E-state index contributed by atoms with van der Waals surface area (Å²) in [6.07, 6.45) is 7.69. The van der Waals surface area contributed by atoms with Gasteiger partial charge in [-0.15, -0.1) is 0 Å². The second-order valence-electron chi connectivity index (χ2n) is 7.47. The van der Waals surface area contributed by atoms with Gasteiger partial charge < -0.3 is 15.2 Å². The summed E-state index contributed by atoms with van der Waals surface area (Å²) in [4.78, 5) is 14.8. The van der Waals surface area contributed by atoms with Crippen LogP contribution in [-0.2, 0) is 0 Å². The van der Waals surface area contributed by atoms with Crippen LogP contribution in [0.3, 0.4) is 0 Å². The molecule has 1 aromatic carbocycles. The summed E-state index contributed by atoms with van der Waals surface area (Å²) in [5.74, 6) is 0. The van der Waals surface area contributed by atoms with E-state index in [-0.39, 0.29) is 0 Å². The molecule has 3 aromatic rings. The van der Waals surface area contributed by atoms with Gasteiger partial charge in [0.25, 0.3) is 0 Å². The third-order valence-electron chi connectivity index (χ3n) is 5.77. The molecular weight excluding hydrogens is 310 g/mol. The second-order valence-corrected chi connectivity index (χ2v) is 7.47. The summed E-state index contributed by atoms with van der Waals surface area (Å²) in [6.45, 7) is 4.65. The van der Waals surface area contributed by atoms with Crippen LogP contribution in [0.25, 0.3) is 22.4 Å². The number of anilines is 1. The predicted molar refractivity (Wildman–Crippen MR) is 101 cm³/mol. The minimum absolute atomic E-state index is 0.470. The van der Waals surface area contributed by atoms with Gasteiger partial charge in [0.1, 0.15) is 5.52 Å². The number of H-pyrrole nitrogens is 1. The Kier molecular flexibility index (Phi) is 3.48. The number of hydrogen-bond donors (Lipinski definition) is 2. The van der Waals surface area contributed by atoms with Crippen molar-refractivity contribution in [2.45, 2.75) is 19.3 Å². The van der Waals surface area contributed by atoms with E-state index in [0.29, 0.717) is 5.41 Å². The first-order valence-corrected chi connectivity index (χ1v) is 9.18. The molecule has 1 unspecified atom stereocenters. The average Bonchev–Trinajstić information content (AvgIpc) is 3.29. The summed E-state index contributed by atoms with van der Waals surface area (Å²) >= 11 is 0. The lowest BCUT2D eigenvalue weighted by molar-refractivity contribution is 0.239. The fourth-order valence-corrected chi connectivity index (χ4v) is 4.37. The van der Waals surface area contributed by atoms with Gasteiger partial charge in [0, 0.05) is 42.5 Å². The average molecular weight is 333 g/mol. The Hall–Kier alpha value is -2.40. The molecule has 5 rings (SSSR count). The second kappa shape index (κ2) is 5.85. The number of nitrogens with zero attached hydrogens (tertiary/aromatic N) is 3. The van der Waals surface area contributed by atoms with Gasteiger partial charge in [-0.1, -0.05) is 12.1 Å². The number of hydrogen-bond acceptors (Lipinski definition) is 4. The molecule has 0 aliphatic carbocycles. The van der Waals surface area contributed by atoms with Crippen molar-refractivity contribution in [1.82, 2.24) is 20.3 Å². The maximum absolute atomic E-state index is 4.73. The summed E-state index contributed by atoms with van der Waals surface area (Å²) in [5, 5.41) is 3.59. The molecule has 0 bridgehead atoms. The molecule has 2 fully saturated rings. The van der Waals surface area contributed by atoms with Crippen molar-refractivity contribution in [1.29, 1.82) is 0 Å². The van der Waals surface area contributed by atoms with Gasteiger partial charge in [0.2, 0.25) is 0 Å². The molecule has 25 heavy (non-hydrogen) atoms. The van der Waals surface area contributed by atoms with Crippen LogP contribution in [0.4, 0.5) is 5.69 Å². The number of rotatable bonds is 2. The van der Waals surface area contributed by atoms with E-state index in [1.807, 2.05) is 18.5 Å². The Morgan fingerprint density at radius 3 is 3.08 bits per heavy atom. The van der Waals surface area contributed by atoms with Crippen molar-refractivity contribution in [3.05, 3.63) is 42.7 Å². The SMILES string of the molecule is c1cc(-c2cnc3[nH]ccc3n2)cc(N2CCC3(CCCNC3)C2)c1. The summed E-state index contributed by atoms with van der Waals surface area (Å²) < 4.78 is 0. The standard InChI is InChI=1S/C20H23N5/c1-3-15(18-12-23-19-17(24-18)5-9-22-19)11-16(4-1)25-10-7-20(14-25)6-2-8-21-13-20/h1,3-5,9,11-12,21H,2,6-8,10,13-14H2,(H,22,23). The van der Waals surface area contributed by atoms with E-state index in [0.717, 1.165) is 35.5 Å². The first-order valence-electron chi connectivity index (χ1n) is 9.18. The molecule has 1 atom stereocenters. The van der Waals surface area contributed by atoms with Gasteiger partial charge in [-0.3, -0.25) is 0 Å². The van der Waals surface area contributed by atoms with Crippen LogP contribution in [0.5, 0.6) is 0 Å². The number of aromatic nitrogens is 3. The van der Waals surface area contributed by atoms with E-state index >= 15 is 0 Å². The topological polar surface area (TPSA) is 56.8 Å². The zero-order valence-electron chi connectivity index (χ0n) is 14.3. The largest absolute Gasteiger partial charge is 0.371 e. The summed E-state index contributed by atoms with van der Waals surface area (Å²) in [7, 11) is 0. The molecule has 2 aliphatic heterocycles. The van der Waals surface area contributed by atoms with E-state index in [2.05, 4.69) is 44.5 Å². The molecule has 2 N–H and O–H groups in total. The number of piperidine rings is 1. The molecule has 5 nitrogen and oxygen atoms in total. The molecule has 0 saturated carbocycles. The fraction of sp³-hybridized carbons (Fsp3) is 0.400. The lowest BCUT2D eigenvalue weighted by atomic mass is 9.80. The van der Waals surface area contributed by atoms with Crippen molar-refractivity contribution in [3.63, 3.8) is 0 Å². The van der Waals surface area contributed by atoms with Crippen molar-refractivity contribution < 1.29 is 0 Å². The fourth-order valence-electron chi connectivity index (χ4n) is 4.37. The zero-order valence-corrected chi connectivity index (χ0v) is 14.3. The van der Waals surface area contributed by atoms with Gasteiger partial charge in [-0.2, -0.15) is 0 Å². The first kappa shape index (κ1) is 14.9. The lowest BCUT2D eigenvalue weighted by Gasteiger charge is -2.34. The van der Waals surface area contributed by atoms with Gasteiger partial charge in [-0.25, -0.2) is 9.97 Å². The third-order valence-corrected chi connectivity index (χ3v) is 5.77. The molecule has 2 aliphatic rings. The maximum atomic E-state index is 4.73. The Morgan fingerprint density at radius 1 is 1.16 bits per heavy atom. The minimum atomic E-state index is 0.470. The minimum Gasteiger partial charge on any atom is -0.371 e. The highest BCUT2D eigenvalue weighted by molar-refractivity contribution is 5.75. The highest BCUT2D eigenvalue weighted by Crippen LogP contribution is 2.39. The van der Waals surface area contributed by atoms with Crippen LogP contribution in [0.2, 0.25) is 0 Å². The predicted octanol–water partition coefficient (Wildman–Crippen LogP) is 3.20. The van der Waals surface area contributed by atoms with Crippen LogP contribution < -0.4 is 10.2 Å². The van der Waals surface area contributed by atoms with Gasteiger partial charge in [0.15, 0.2) is 5.65 Å². The molecule has 2 aromatic heterocycles. The first-order chi connectivity index (χ1) is 12.3. The highest BCUT2D eigenvalue weighted by Gasteiger charge is 2.38. The van der Waals surface area contributed by atoms with E-state index in [1.165, 1.54) is 38.0 Å². The van der Waals surface area contributed by atoms with E-state index in [1.54, 1.807) is 0 Å². The van der Waals surface area contributed by atoms with Crippen molar-refractivity contribution in [2.75, 3.05) is 31.1 Å². The number of fused-ring (bicyclic) bond motifs is 1. The van der Waals surface area contributed by atoms with Crippen LogP contribution >= 0.6 is 0 Å². The number of aromatic amines is 1. The van der Waals surface area contributed by atoms with Crippen LogP contribution in [0.1, 0.15) is 19.3 Å². The van der Waals surface area contributed by atoms with Crippen molar-refractivity contribution >= 4 is 16.9 Å². The van der Waals surface area contributed by atoms with Crippen LogP contribution in [0, 0.1) is 5.41 Å². The van der Waals surface area contributed by atoms with Crippen LogP contribution in [0.15, 0.2) is 42.7 Å². The van der Waals surface area contributed by atoms with Gasteiger partial charge in [0.05, 0.1) is 11.9 Å². The van der Waals surface area contributed by atoms with Crippen molar-refractivity contribution in [3.8, 4) is 11.3 Å². The smallest absolute Gasteiger partial charge is 0.156 e. The van der Waals surface area contributed by atoms with Crippen molar-refractivity contribution in [2.24, 2.45) is 5.41 Å². The van der Waals surface area contributed by atoms with Gasteiger partial charge in [-0.05, 0) is 44.0 Å². The zero-order chi connectivity index (χ0) is 16.7. The molecule has 128 valence electrons. The third kappa shape index (κ3) is 2.68. The Morgan fingerprint density at radius 2 is 2.16 bits per heavy atom. The lowest BCUT2D eigenvalue weighted by Crippen LogP contribution is -2.41. The Balaban J connectivity index is 1.43. The molecule has 1 spiro atoms. The van der Waals surface area contributed by atoms with Crippen LogP contribution in [-0.4, -0.2) is 41.1 Å². The molecule has 4 heterocycles. The maximum Gasteiger partial charge on any atom is 0.156 e. The quantitative estimate of drug-likeness (QED) is 0.756. The summed E-state index contributed by atoms with van der Waals surface area (Å²) in [5.41, 5.74) is 5.59. The van der Waals surface area contributed by atoms with Gasteiger partial charge >= 0.3 is 0 Å². The Bertz CT molecular complexity index is 894. The monoisotopic (exact) mass is 333 g/mol. The van der Waals surface area contributed by atoms with E-state index in [4.69, 9.17) is 4.98 Å². The number of nitrogens with one attached hydrogen (secondary N) is 2.